The highest BCUT2D eigenvalue weighted by Gasteiger charge is 2.17. The van der Waals surface area contributed by atoms with Crippen molar-refractivity contribution >= 4 is 21.6 Å². The van der Waals surface area contributed by atoms with Crippen molar-refractivity contribution in [2.24, 2.45) is 0 Å². The van der Waals surface area contributed by atoms with Gasteiger partial charge in [-0.05, 0) is 42.3 Å². The first-order valence-corrected chi connectivity index (χ1v) is 9.53. The van der Waals surface area contributed by atoms with Gasteiger partial charge in [-0.1, -0.05) is 12.1 Å². The summed E-state index contributed by atoms with van der Waals surface area (Å²) in [5, 5.41) is 2.80. The topological polar surface area (TPSA) is 79.4 Å². The predicted molar refractivity (Wildman–Crippen MR) is 94.4 cm³/mol. The Morgan fingerprint density at radius 1 is 1.25 bits per heavy atom. The van der Waals surface area contributed by atoms with E-state index >= 15 is 0 Å². The molecule has 0 spiro atoms. The van der Waals surface area contributed by atoms with Gasteiger partial charge in [0, 0.05) is 31.4 Å². The van der Waals surface area contributed by atoms with Crippen LogP contribution in [0.25, 0.3) is 0 Å². The Balaban J connectivity index is 2.07. The molecule has 7 heteroatoms. The first-order valence-electron chi connectivity index (χ1n) is 7.46. The fourth-order valence-corrected chi connectivity index (χ4v) is 3.08. The number of aromatic nitrogens is 1. The highest BCUT2D eigenvalue weighted by atomic mass is 32.2. The number of anilines is 1. The number of sulfone groups is 1. The molecular weight excluding hydrogens is 326 g/mol. The minimum atomic E-state index is -3.12. The Labute approximate surface area is 142 Å². The van der Waals surface area contributed by atoms with Crippen molar-refractivity contribution in [2.75, 3.05) is 18.6 Å². The van der Waals surface area contributed by atoms with Gasteiger partial charge in [0.2, 0.25) is 0 Å². The fraction of sp³-hybridized carbons (Fsp3) is 0.294. The molecule has 128 valence electrons. The smallest absolute Gasteiger partial charge is 0.321 e. The number of pyridine rings is 1. The van der Waals surface area contributed by atoms with Crippen LogP contribution in [0.1, 0.15) is 24.1 Å². The number of amides is 2. The summed E-state index contributed by atoms with van der Waals surface area (Å²) in [4.78, 5) is 18.0. The summed E-state index contributed by atoms with van der Waals surface area (Å²) in [5.74, 6) is -0.0556. The van der Waals surface area contributed by atoms with Gasteiger partial charge in [0.15, 0.2) is 9.84 Å². The second kappa shape index (κ2) is 7.44. The number of urea groups is 1. The van der Waals surface area contributed by atoms with Crippen LogP contribution in [0.2, 0.25) is 0 Å². The normalized spacial score (nSPS) is 12.5. The summed E-state index contributed by atoms with van der Waals surface area (Å²) in [6, 6.07) is 10.2. The summed E-state index contributed by atoms with van der Waals surface area (Å²) in [5.41, 5.74) is 2.18. The van der Waals surface area contributed by atoms with Crippen molar-refractivity contribution in [2.45, 2.75) is 18.7 Å². The van der Waals surface area contributed by atoms with E-state index in [1.165, 1.54) is 6.26 Å². The summed E-state index contributed by atoms with van der Waals surface area (Å²) in [6.07, 6.45) is 4.56. The lowest BCUT2D eigenvalue weighted by atomic mass is 10.1. The number of nitrogens with one attached hydrogen (secondary N) is 1. The molecule has 6 nitrogen and oxygen atoms in total. The molecule has 2 rings (SSSR count). The number of carbonyl (C=O) groups is 1. The van der Waals surface area contributed by atoms with Crippen LogP contribution in [-0.2, 0) is 15.6 Å². The molecule has 2 aromatic rings. The molecule has 1 aromatic heterocycles. The molecule has 0 fully saturated rings. The first-order chi connectivity index (χ1) is 11.3. The monoisotopic (exact) mass is 347 g/mol. The molecular formula is C17H21N3O3S. The van der Waals surface area contributed by atoms with Crippen molar-refractivity contribution < 1.29 is 13.2 Å². The molecule has 0 unspecified atom stereocenters. The van der Waals surface area contributed by atoms with Crippen molar-refractivity contribution in [1.29, 1.82) is 0 Å². The zero-order valence-electron chi connectivity index (χ0n) is 13.9. The van der Waals surface area contributed by atoms with Gasteiger partial charge in [0.1, 0.15) is 0 Å². The van der Waals surface area contributed by atoms with E-state index in [4.69, 9.17) is 0 Å². The van der Waals surface area contributed by atoms with Gasteiger partial charge in [-0.2, -0.15) is 0 Å². The Morgan fingerprint density at radius 3 is 2.54 bits per heavy atom. The summed E-state index contributed by atoms with van der Waals surface area (Å²) < 4.78 is 22.8. The van der Waals surface area contributed by atoms with Gasteiger partial charge < -0.3 is 10.2 Å². The summed E-state index contributed by atoms with van der Waals surface area (Å²) in [7, 11) is -1.41. The molecule has 2 amide bonds. The molecule has 0 saturated carbocycles. The maximum absolute atomic E-state index is 12.4. The second-order valence-corrected chi connectivity index (χ2v) is 7.91. The third kappa shape index (κ3) is 5.06. The second-order valence-electron chi connectivity index (χ2n) is 5.77. The average Bonchev–Trinajstić information content (AvgIpc) is 2.53. The minimum absolute atomic E-state index is 0.0556. The number of rotatable bonds is 5. The lowest BCUT2D eigenvalue weighted by molar-refractivity contribution is 0.208. The number of carbonyl (C=O) groups excluding carboxylic acids is 1. The maximum Gasteiger partial charge on any atom is 0.322 e. The van der Waals surface area contributed by atoms with Gasteiger partial charge >= 0.3 is 6.03 Å². The predicted octanol–water partition coefficient (Wildman–Crippen LogP) is 2.85. The lowest BCUT2D eigenvalue weighted by Crippen LogP contribution is -2.33. The Hall–Kier alpha value is -2.41. The first kappa shape index (κ1) is 17.9. The van der Waals surface area contributed by atoms with E-state index in [1.54, 1.807) is 48.6 Å². The summed E-state index contributed by atoms with van der Waals surface area (Å²) >= 11 is 0. The van der Waals surface area contributed by atoms with Crippen LogP contribution in [0.3, 0.4) is 0 Å². The standard InChI is InChI=1S/C17H21N3O3S/c1-13(15-7-9-18-10-8-15)20(2)17(21)19-16-6-4-5-14(11-16)12-24(3,22)23/h4-11,13H,12H2,1-3H3,(H,19,21)/t13-/m1/s1. The molecule has 0 saturated heterocycles. The van der Waals surface area contributed by atoms with Gasteiger partial charge in [-0.3, -0.25) is 4.98 Å². The molecule has 24 heavy (non-hydrogen) atoms. The number of benzene rings is 1. The van der Waals surface area contributed by atoms with E-state index in [-0.39, 0.29) is 17.8 Å². The largest absolute Gasteiger partial charge is 0.322 e. The molecule has 0 radical (unpaired) electrons. The van der Waals surface area contributed by atoms with E-state index in [2.05, 4.69) is 10.3 Å². The molecule has 0 aliphatic rings. The number of hydrogen-bond acceptors (Lipinski definition) is 4. The van der Waals surface area contributed by atoms with Gasteiger partial charge in [-0.15, -0.1) is 0 Å². The lowest BCUT2D eigenvalue weighted by Gasteiger charge is -2.25. The van der Waals surface area contributed by atoms with Gasteiger partial charge in [0.05, 0.1) is 11.8 Å². The zero-order valence-corrected chi connectivity index (χ0v) is 14.7. The zero-order chi connectivity index (χ0) is 17.7. The van der Waals surface area contributed by atoms with Crippen LogP contribution in [0, 0.1) is 0 Å². The molecule has 1 N–H and O–H groups in total. The minimum Gasteiger partial charge on any atom is -0.321 e. The fourth-order valence-electron chi connectivity index (χ4n) is 2.29. The van der Waals surface area contributed by atoms with Crippen LogP contribution >= 0.6 is 0 Å². The third-order valence-electron chi connectivity index (χ3n) is 3.70. The number of nitrogens with zero attached hydrogens (tertiary/aromatic N) is 2. The van der Waals surface area contributed by atoms with Crippen molar-refractivity contribution in [1.82, 2.24) is 9.88 Å². The molecule has 0 aliphatic carbocycles. The van der Waals surface area contributed by atoms with Crippen LogP contribution in [0.5, 0.6) is 0 Å². The summed E-state index contributed by atoms with van der Waals surface area (Å²) in [6.45, 7) is 1.93. The molecule has 1 heterocycles. The van der Waals surface area contributed by atoms with Crippen molar-refractivity contribution in [3.63, 3.8) is 0 Å². The average molecular weight is 347 g/mol. The molecule has 1 aromatic carbocycles. The van der Waals surface area contributed by atoms with E-state index in [9.17, 15) is 13.2 Å². The van der Waals surface area contributed by atoms with E-state index in [0.29, 0.717) is 11.3 Å². The van der Waals surface area contributed by atoms with E-state index in [0.717, 1.165) is 5.56 Å². The molecule has 1 atom stereocenters. The Morgan fingerprint density at radius 2 is 1.92 bits per heavy atom. The maximum atomic E-state index is 12.4. The van der Waals surface area contributed by atoms with E-state index in [1.807, 2.05) is 19.1 Å². The van der Waals surface area contributed by atoms with Gasteiger partial charge in [-0.25, -0.2) is 13.2 Å². The third-order valence-corrected chi connectivity index (χ3v) is 4.55. The van der Waals surface area contributed by atoms with E-state index < -0.39 is 9.84 Å². The van der Waals surface area contributed by atoms with Crippen LogP contribution in [0.15, 0.2) is 48.8 Å². The Kier molecular flexibility index (Phi) is 5.56. The quantitative estimate of drug-likeness (QED) is 0.902. The van der Waals surface area contributed by atoms with Gasteiger partial charge in [0.25, 0.3) is 0 Å². The van der Waals surface area contributed by atoms with Crippen LogP contribution in [0.4, 0.5) is 10.5 Å². The SMILES string of the molecule is C[C@H](c1ccncc1)N(C)C(=O)Nc1cccc(CS(C)(=O)=O)c1. The number of hydrogen-bond donors (Lipinski definition) is 1. The Bertz CT molecular complexity index is 807. The molecule has 0 bridgehead atoms. The van der Waals surface area contributed by atoms with Crippen LogP contribution in [-0.4, -0.2) is 37.6 Å². The molecule has 0 aliphatic heterocycles. The van der Waals surface area contributed by atoms with Crippen molar-refractivity contribution in [3.05, 3.63) is 59.9 Å². The highest BCUT2D eigenvalue weighted by molar-refractivity contribution is 7.89. The van der Waals surface area contributed by atoms with Crippen LogP contribution < -0.4 is 5.32 Å². The van der Waals surface area contributed by atoms with Crippen molar-refractivity contribution in [3.8, 4) is 0 Å². The highest BCUT2D eigenvalue weighted by Crippen LogP contribution is 2.19.